The molecular weight excluding hydrogens is 276 g/mol. The van der Waals surface area contributed by atoms with Crippen molar-refractivity contribution in [2.24, 2.45) is 11.3 Å². The third kappa shape index (κ3) is 4.21. The van der Waals surface area contributed by atoms with Crippen LogP contribution in [0, 0.1) is 11.3 Å². The fourth-order valence-corrected chi connectivity index (χ4v) is 2.32. The lowest BCUT2D eigenvalue weighted by Crippen LogP contribution is -2.32. The monoisotopic (exact) mass is 302 g/mol. The molecule has 0 atom stereocenters. The highest BCUT2D eigenvalue weighted by molar-refractivity contribution is 5.92. The van der Waals surface area contributed by atoms with Crippen LogP contribution >= 0.6 is 0 Å². The number of ether oxygens (including phenoxy) is 1. The zero-order chi connectivity index (χ0) is 15.7. The molecule has 0 radical (unpaired) electrons. The molecule has 1 heterocycles. The van der Waals surface area contributed by atoms with Crippen LogP contribution in [-0.4, -0.2) is 24.0 Å². The van der Waals surface area contributed by atoms with Crippen LogP contribution in [0.1, 0.15) is 68.4 Å². The molecule has 4 heteroatoms. The fraction of sp³-hybridized carbons (Fsp3) is 0.667. The Labute approximate surface area is 132 Å². The summed E-state index contributed by atoms with van der Waals surface area (Å²) >= 11 is 0. The van der Waals surface area contributed by atoms with E-state index in [2.05, 4.69) is 31.1 Å². The second-order valence-electron chi connectivity index (χ2n) is 7.86. The third-order valence-electron chi connectivity index (χ3n) is 4.07. The lowest BCUT2D eigenvalue weighted by Gasteiger charge is -2.18. The normalized spacial score (nSPS) is 18.1. The molecule has 1 amide bonds. The predicted octanol–water partition coefficient (Wildman–Crippen LogP) is 3.52. The van der Waals surface area contributed by atoms with Gasteiger partial charge in [0.1, 0.15) is 5.69 Å². The van der Waals surface area contributed by atoms with Gasteiger partial charge in [-0.05, 0) is 49.0 Å². The van der Waals surface area contributed by atoms with Gasteiger partial charge in [-0.1, -0.05) is 26.8 Å². The van der Waals surface area contributed by atoms with Gasteiger partial charge in [-0.25, -0.2) is 4.98 Å². The topological polar surface area (TPSA) is 51.2 Å². The van der Waals surface area contributed by atoms with Crippen LogP contribution in [0.3, 0.4) is 0 Å². The van der Waals surface area contributed by atoms with Crippen LogP contribution in [0.2, 0.25) is 0 Å². The maximum atomic E-state index is 12.3. The van der Waals surface area contributed by atoms with Gasteiger partial charge in [-0.2, -0.15) is 0 Å². The number of amides is 1. The van der Waals surface area contributed by atoms with Crippen LogP contribution in [0.5, 0.6) is 5.88 Å². The van der Waals surface area contributed by atoms with Crippen molar-refractivity contribution in [2.45, 2.75) is 52.4 Å². The minimum Gasteiger partial charge on any atom is -0.477 e. The van der Waals surface area contributed by atoms with Crippen LogP contribution in [0.4, 0.5) is 0 Å². The van der Waals surface area contributed by atoms with Gasteiger partial charge >= 0.3 is 0 Å². The van der Waals surface area contributed by atoms with E-state index >= 15 is 0 Å². The molecule has 1 aromatic heterocycles. The molecule has 2 fully saturated rings. The SMILES string of the molecule is CC(C)(C)CNC(=O)c1ccc(C2CC2)c(OCC2CC2)n1. The zero-order valence-electron chi connectivity index (χ0n) is 13.8. The standard InChI is InChI=1S/C18H26N2O2/c1-18(2,3)11-19-16(21)15-9-8-14(13-6-7-13)17(20-15)22-10-12-4-5-12/h8-9,12-13H,4-7,10-11H2,1-3H3,(H,19,21). The molecular formula is C18H26N2O2. The molecule has 22 heavy (non-hydrogen) atoms. The predicted molar refractivity (Wildman–Crippen MR) is 86.2 cm³/mol. The highest BCUT2D eigenvalue weighted by atomic mass is 16.5. The molecule has 0 saturated heterocycles. The summed E-state index contributed by atoms with van der Waals surface area (Å²) in [5.74, 6) is 1.83. The van der Waals surface area contributed by atoms with E-state index in [1.165, 1.54) is 31.2 Å². The van der Waals surface area contributed by atoms with Crippen molar-refractivity contribution >= 4 is 5.91 Å². The largest absolute Gasteiger partial charge is 0.477 e. The Balaban J connectivity index is 1.70. The van der Waals surface area contributed by atoms with Crippen LogP contribution in [-0.2, 0) is 0 Å². The summed E-state index contributed by atoms with van der Waals surface area (Å²) in [6.07, 6.45) is 4.92. The molecule has 0 unspecified atom stereocenters. The Morgan fingerprint density at radius 1 is 1.27 bits per heavy atom. The van der Waals surface area contributed by atoms with Crippen molar-refractivity contribution in [3.05, 3.63) is 23.4 Å². The number of nitrogens with one attached hydrogen (secondary N) is 1. The van der Waals surface area contributed by atoms with Crippen molar-refractivity contribution in [3.8, 4) is 5.88 Å². The smallest absolute Gasteiger partial charge is 0.270 e. The number of hydrogen-bond donors (Lipinski definition) is 1. The Bertz CT molecular complexity index is 555. The Hall–Kier alpha value is -1.58. The first-order valence-corrected chi connectivity index (χ1v) is 8.34. The number of rotatable bonds is 6. The lowest BCUT2D eigenvalue weighted by molar-refractivity contribution is 0.0933. The van der Waals surface area contributed by atoms with E-state index in [0.29, 0.717) is 30.0 Å². The van der Waals surface area contributed by atoms with Crippen LogP contribution in [0.25, 0.3) is 0 Å². The number of aromatic nitrogens is 1. The summed E-state index contributed by atoms with van der Waals surface area (Å²) in [6, 6.07) is 3.86. The molecule has 1 N–H and O–H groups in total. The summed E-state index contributed by atoms with van der Waals surface area (Å²) in [7, 11) is 0. The summed E-state index contributed by atoms with van der Waals surface area (Å²) < 4.78 is 5.91. The number of carbonyl (C=O) groups excluding carboxylic acids is 1. The van der Waals surface area contributed by atoms with E-state index < -0.39 is 0 Å². The van der Waals surface area contributed by atoms with Gasteiger partial charge in [0.25, 0.3) is 5.91 Å². The maximum Gasteiger partial charge on any atom is 0.270 e. The number of pyridine rings is 1. The Morgan fingerprint density at radius 2 is 2.00 bits per heavy atom. The summed E-state index contributed by atoms with van der Waals surface area (Å²) in [4.78, 5) is 16.8. The van der Waals surface area contributed by atoms with E-state index in [1.807, 2.05) is 12.1 Å². The summed E-state index contributed by atoms with van der Waals surface area (Å²) in [6.45, 7) is 7.67. The van der Waals surface area contributed by atoms with Gasteiger partial charge in [0.2, 0.25) is 5.88 Å². The molecule has 120 valence electrons. The van der Waals surface area contributed by atoms with E-state index in [9.17, 15) is 4.79 Å². The molecule has 0 aromatic carbocycles. The maximum absolute atomic E-state index is 12.3. The van der Waals surface area contributed by atoms with E-state index in [0.717, 1.165) is 6.61 Å². The molecule has 2 saturated carbocycles. The third-order valence-corrected chi connectivity index (χ3v) is 4.07. The molecule has 0 aliphatic heterocycles. The van der Waals surface area contributed by atoms with E-state index in [-0.39, 0.29) is 11.3 Å². The van der Waals surface area contributed by atoms with Gasteiger partial charge in [-0.3, -0.25) is 4.79 Å². The highest BCUT2D eigenvalue weighted by Crippen LogP contribution is 2.44. The molecule has 2 aliphatic carbocycles. The lowest BCUT2D eigenvalue weighted by atomic mass is 9.97. The fourth-order valence-electron chi connectivity index (χ4n) is 2.32. The number of hydrogen-bond acceptors (Lipinski definition) is 3. The quantitative estimate of drug-likeness (QED) is 0.874. The van der Waals surface area contributed by atoms with Crippen molar-refractivity contribution in [1.82, 2.24) is 10.3 Å². The molecule has 4 nitrogen and oxygen atoms in total. The minimum atomic E-state index is -0.117. The summed E-state index contributed by atoms with van der Waals surface area (Å²) in [5, 5.41) is 2.95. The van der Waals surface area contributed by atoms with Gasteiger partial charge in [0.15, 0.2) is 0 Å². The van der Waals surface area contributed by atoms with Crippen molar-refractivity contribution < 1.29 is 9.53 Å². The molecule has 2 aliphatic rings. The van der Waals surface area contributed by atoms with E-state index in [1.54, 1.807) is 0 Å². The van der Waals surface area contributed by atoms with E-state index in [4.69, 9.17) is 4.74 Å². The first-order valence-electron chi connectivity index (χ1n) is 8.34. The van der Waals surface area contributed by atoms with Crippen LogP contribution < -0.4 is 10.1 Å². The molecule has 3 rings (SSSR count). The van der Waals surface area contributed by atoms with Gasteiger partial charge in [-0.15, -0.1) is 0 Å². The highest BCUT2D eigenvalue weighted by Gasteiger charge is 2.30. The first-order chi connectivity index (χ1) is 10.4. The van der Waals surface area contributed by atoms with Crippen molar-refractivity contribution in [1.29, 1.82) is 0 Å². The minimum absolute atomic E-state index is 0.0644. The zero-order valence-corrected chi connectivity index (χ0v) is 13.8. The first kappa shape index (κ1) is 15.3. The van der Waals surface area contributed by atoms with Crippen molar-refractivity contribution in [3.63, 3.8) is 0 Å². The Kier molecular flexibility index (Phi) is 4.11. The number of nitrogens with zero attached hydrogens (tertiary/aromatic N) is 1. The van der Waals surface area contributed by atoms with Gasteiger partial charge < -0.3 is 10.1 Å². The second-order valence-corrected chi connectivity index (χ2v) is 7.86. The molecule has 0 bridgehead atoms. The summed E-state index contributed by atoms with van der Waals surface area (Å²) in [5.41, 5.74) is 1.70. The van der Waals surface area contributed by atoms with Gasteiger partial charge in [0, 0.05) is 12.1 Å². The molecule has 1 aromatic rings. The average Bonchev–Trinajstić information content (AvgIpc) is 3.35. The average molecular weight is 302 g/mol. The number of carbonyl (C=O) groups is 1. The Morgan fingerprint density at radius 3 is 2.59 bits per heavy atom. The van der Waals surface area contributed by atoms with Crippen molar-refractivity contribution in [2.75, 3.05) is 13.2 Å². The van der Waals surface area contributed by atoms with Gasteiger partial charge in [0.05, 0.1) is 6.61 Å². The second kappa shape index (κ2) is 5.90. The van der Waals surface area contributed by atoms with Crippen LogP contribution in [0.15, 0.2) is 12.1 Å². The molecule has 0 spiro atoms.